The smallest absolute Gasteiger partial charge is 0.286 e. The number of rotatable bonds is 8. The number of furan rings is 1. The Morgan fingerprint density at radius 1 is 1.14 bits per heavy atom. The van der Waals surface area contributed by atoms with Crippen molar-refractivity contribution in [1.29, 1.82) is 0 Å². The number of carbonyl (C=O) groups excluding carboxylic acids is 3. The lowest BCUT2D eigenvalue weighted by atomic mass is 9.95. The maximum absolute atomic E-state index is 12.9. The predicted molar refractivity (Wildman–Crippen MR) is 130 cm³/mol. The average molecular weight is 498 g/mol. The van der Waals surface area contributed by atoms with Crippen LogP contribution in [0.15, 0.2) is 47.1 Å². The Bertz CT molecular complexity index is 1150. The van der Waals surface area contributed by atoms with Gasteiger partial charge in [0.15, 0.2) is 0 Å². The van der Waals surface area contributed by atoms with Gasteiger partial charge in [0.2, 0.25) is 15.9 Å². The summed E-state index contributed by atoms with van der Waals surface area (Å²) in [5.74, 6) is 0.619. The summed E-state index contributed by atoms with van der Waals surface area (Å²) in [5.41, 5.74) is 0.581. The first-order valence-corrected chi connectivity index (χ1v) is 12.2. The van der Waals surface area contributed by atoms with Gasteiger partial charge in [0.1, 0.15) is 11.5 Å². The van der Waals surface area contributed by atoms with Crippen LogP contribution in [-0.2, 0) is 11.2 Å². The van der Waals surface area contributed by atoms with E-state index in [-0.39, 0.29) is 33.8 Å². The molecule has 10 nitrogen and oxygen atoms in total. The number of methoxy groups -OCH3 is 1. The van der Waals surface area contributed by atoms with Crippen molar-refractivity contribution in [3.8, 4) is 5.75 Å². The van der Waals surface area contributed by atoms with Crippen molar-refractivity contribution in [2.45, 2.75) is 32.2 Å². The largest absolute Gasteiger partial charge is 0.497 e. The molecule has 1 aliphatic rings. The van der Waals surface area contributed by atoms with Gasteiger partial charge in [-0.2, -0.15) is 0 Å². The van der Waals surface area contributed by atoms with Crippen LogP contribution in [0.4, 0.5) is 5.69 Å². The van der Waals surface area contributed by atoms with E-state index < -0.39 is 5.91 Å². The number of nitrogens with zero attached hydrogens (tertiary/aromatic N) is 3. The second-order valence-electron chi connectivity index (χ2n) is 8.35. The lowest BCUT2D eigenvalue weighted by Gasteiger charge is -2.31. The summed E-state index contributed by atoms with van der Waals surface area (Å²) in [5, 5.41) is 13.8. The summed E-state index contributed by atoms with van der Waals surface area (Å²) in [6.45, 7) is 2.82. The molecule has 3 amide bonds. The van der Waals surface area contributed by atoms with Crippen LogP contribution in [0, 0.1) is 5.92 Å². The van der Waals surface area contributed by atoms with Crippen molar-refractivity contribution in [3.05, 3.63) is 58.4 Å². The monoisotopic (exact) mass is 497 g/mol. The summed E-state index contributed by atoms with van der Waals surface area (Å²) in [7, 11) is 1.56. The molecule has 1 aliphatic heterocycles. The molecule has 1 saturated heterocycles. The van der Waals surface area contributed by atoms with E-state index >= 15 is 0 Å². The molecule has 1 atom stereocenters. The number of likely N-dealkylation sites (tertiary alicyclic amines) is 1. The van der Waals surface area contributed by atoms with Crippen molar-refractivity contribution in [3.63, 3.8) is 0 Å². The zero-order valence-corrected chi connectivity index (χ0v) is 20.3. The molecule has 0 bridgehead atoms. The minimum atomic E-state index is -0.439. The van der Waals surface area contributed by atoms with Gasteiger partial charge in [-0.1, -0.05) is 11.3 Å². The van der Waals surface area contributed by atoms with Crippen LogP contribution in [0.25, 0.3) is 0 Å². The molecular weight excluding hydrogens is 470 g/mol. The molecule has 0 aliphatic carbocycles. The van der Waals surface area contributed by atoms with Crippen molar-refractivity contribution in [2.75, 3.05) is 25.5 Å². The van der Waals surface area contributed by atoms with Gasteiger partial charge in [0.05, 0.1) is 13.4 Å². The average Bonchev–Trinajstić information content (AvgIpc) is 3.57. The fourth-order valence-electron chi connectivity index (χ4n) is 3.88. The molecule has 11 heteroatoms. The van der Waals surface area contributed by atoms with E-state index in [0.29, 0.717) is 43.8 Å². The van der Waals surface area contributed by atoms with E-state index in [1.54, 1.807) is 42.5 Å². The van der Waals surface area contributed by atoms with Crippen molar-refractivity contribution < 1.29 is 23.5 Å². The van der Waals surface area contributed by atoms with E-state index in [4.69, 9.17) is 9.15 Å². The third-order valence-electron chi connectivity index (χ3n) is 5.78. The molecule has 4 rings (SSSR count). The summed E-state index contributed by atoms with van der Waals surface area (Å²) in [4.78, 5) is 39.6. The zero-order valence-electron chi connectivity index (χ0n) is 19.5. The minimum absolute atomic E-state index is 0.00967. The van der Waals surface area contributed by atoms with Gasteiger partial charge in [-0.15, -0.1) is 10.2 Å². The normalized spacial score (nSPS) is 14.9. The third kappa shape index (κ3) is 6.24. The predicted octanol–water partition coefficient (Wildman–Crippen LogP) is 2.99. The van der Waals surface area contributed by atoms with Crippen LogP contribution in [0.5, 0.6) is 5.75 Å². The van der Waals surface area contributed by atoms with Crippen molar-refractivity contribution in [2.24, 2.45) is 5.92 Å². The second-order valence-corrected chi connectivity index (χ2v) is 9.33. The van der Waals surface area contributed by atoms with Gasteiger partial charge in [-0.05, 0) is 56.2 Å². The molecule has 0 unspecified atom stereocenters. The maximum Gasteiger partial charge on any atom is 0.286 e. The number of hydrogen-bond acceptors (Lipinski definition) is 8. The van der Waals surface area contributed by atoms with Gasteiger partial charge in [-0.3, -0.25) is 14.4 Å². The molecule has 184 valence electrons. The number of ether oxygens (including phenoxy) is 1. The topological polar surface area (TPSA) is 127 Å². The highest BCUT2D eigenvalue weighted by atomic mass is 32.1. The lowest BCUT2D eigenvalue weighted by molar-refractivity contribution is -0.126. The first kappa shape index (κ1) is 24.4. The highest BCUT2D eigenvalue weighted by molar-refractivity contribution is 7.15. The van der Waals surface area contributed by atoms with Gasteiger partial charge in [0, 0.05) is 37.2 Å². The quantitative estimate of drug-likeness (QED) is 0.490. The molecule has 2 N–H and O–H groups in total. The van der Waals surface area contributed by atoms with Gasteiger partial charge in [0.25, 0.3) is 11.8 Å². The second kappa shape index (κ2) is 11.1. The first-order valence-electron chi connectivity index (χ1n) is 11.3. The summed E-state index contributed by atoms with van der Waals surface area (Å²) >= 11 is 0.948. The van der Waals surface area contributed by atoms with Crippen LogP contribution in [0.2, 0.25) is 0 Å². The van der Waals surface area contributed by atoms with Crippen LogP contribution in [-0.4, -0.2) is 59.1 Å². The molecule has 35 heavy (non-hydrogen) atoms. The van der Waals surface area contributed by atoms with E-state index in [1.807, 2.05) is 19.1 Å². The molecule has 3 aromatic rings. The molecule has 0 saturated carbocycles. The molecule has 2 aromatic heterocycles. The Hall–Kier alpha value is -3.73. The number of aromatic nitrogens is 2. The highest BCUT2D eigenvalue weighted by Gasteiger charge is 2.30. The van der Waals surface area contributed by atoms with Crippen LogP contribution >= 0.6 is 11.3 Å². The molecule has 0 spiro atoms. The number of anilines is 1. The summed E-state index contributed by atoms with van der Waals surface area (Å²) in [6.07, 6.45) is 3.37. The Labute approximate surface area is 206 Å². The summed E-state index contributed by atoms with van der Waals surface area (Å²) < 4.78 is 10.4. The zero-order chi connectivity index (χ0) is 24.8. The number of piperidine rings is 1. The Morgan fingerprint density at radius 3 is 2.51 bits per heavy atom. The van der Waals surface area contributed by atoms with E-state index in [0.717, 1.165) is 17.1 Å². The SMILES string of the molecule is COc1ccc(NC(=O)c2nnc(C(=O)N3CCC(C(=O)N[C@@H](C)Cc4ccco4)CC3)s2)cc1. The number of amides is 3. The number of nitrogens with one attached hydrogen (secondary N) is 2. The van der Waals surface area contributed by atoms with Crippen molar-refractivity contribution >= 4 is 34.7 Å². The number of benzene rings is 1. The van der Waals surface area contributed by atoms with Gasteiger partial charge < -0.3 is 24.7 Å². The van der Waals surface area contributed by atoms with Gasteiger partial charge >= 0.3 is 0 Å². The Kier molecular flexibility index (Phi) is 7.76. The highest BCUT2D eigenvalue weighted by Crippen LogP contribution is 2.22. The van der Waals surface area contributed by atoms with E-state index in [1.165, 1.54) is 0 Å². The lowest BCUT2D eigenvalue weighted by Crippen LogP contribution is -2.45. The minimum Gasteiger partial charge on any atom is -0.497 e. The Morgan fingerprint density at radius 2 is 1.86 bits per heavy atom. The molecular formula is C24H27N5O5S. The van der Waals surface area contributed by atoms with Crippen LogP contribution in [0.3, 0.4) is 0 Å². The van der Waals surface area contributed by atoms with Crippen molar-refractivity contribution in [1.82, 2.24) is 20.4 Å². The number of hydrogen-bond donors (Lipinski definition) is 2. The van der Waals surface area contributed by atoms with E-state index in [2.05, 4.69) is 20.8 Å². The summed E-state index contributed by atoms with van der Waals surface area (Å²) in [6, 6.07) is 10.5. The molecule has 1 fully saturated rings. The standard InChI is InChI=1S/C24H27N5O5S/c1-15(14-19-4-3-13-34-19)25-20(30)16-9-11-29(12-10-16)24(32)23-28-27-22(35-23)21(31)26-17-5-7-18(33-2)8-6-17/h3-8,13,15-16H,9-12,14H2,1-2H3,(H,25,30)(H,26,31)/t15-/m0/s1. The van der Waals surface area contributed by atoms with Crippen LogP contribution < -0.4 is 15.4 Å². The maximum atomic E-state index is 12.9. The third-order valence-corrected chi connectivity index (χ3v) is 6.69. The fraction of sp³-hybridized carbons (Fsp3) is 0.375. The molecule has 3 heterocycles. The molecule has 1 aromatic carbocycles. The fourth-order valence-corrected chi connectivity index (χ4v) is 4.59. The molecule has 0 radical (unpaired) electrons. The first-order chi connectivity index (χ1) is 16.9. The van der Waals surface area contributed by atoms with Crippen LogP contribution in [0.1, 0.15) is 45.1 Å². The van der Waals surface area contributed by atoms with Gasteiger partial charge in [-0.25, -0.2) is 0 Å². The Balaban J connectivity index is 1.26. The van der Waals surface area contributed by atoms with E-state index in [9.17, 15) is 14.4 Å². The number of carbonyl (C=O) groups is 3.